The molecule has 0 fully saturated rings. The van der Waals surface area contributed by atoms with E-state index in [4.69, 9.17) is 11.6 Å². The van der Waals surface area contributed by atoms with Crippen LogP contribution < -0.4 is 5.32 Å². The number of alkyl halides is 1. The van der Waals surface area contributed by atoms with Crippen molar-refractivity contribution in [2.45, 2.75) is 20.0 Å². The number of nitrogens with one attached hydrogen (secondary N) is 1. The number of aryl methyl sites for hydroxylation is 2. The summed E-state index contributed by atoms with van der Waals surface area (Å²) >= 11 is 5.61. The summed E-state index contributed by atoms with van der Waals surface area (Å²) in [5.74, 6) is 0.194. The molecule has 0 aliphatic rings. The largest absolute Gasteiger partial charge is 0.390 e. The summed E-state index contributed by atoms with van der Waals surface area (Å²) in [5.41, 5.74) is 4.65. The topological polar surface area (TPSA) is 57.0 Å². The summed E-state index contributed by atoms with van der Waals surface area (Å²) in [6, 6.07) is 13.7. The monoisotopic (exact) mass is 317 g/mol. The van der Waals surface area contributed by atoms with Gasteiger partial charge in [0.05, 0.1) is 23.4 Å². The van der Waals surface area contributed by atoms with Gasteiger partial charge in [0.15, 0.2) is 0 Å². The van der Waals surface area contributed by atoms with Crippen LogP contribution in [0.15, 0.2) is 52.7 Å². The number of halogens is 1. The van der Waals surface area contributed by atoms with E-state index in [9.17, 15) is 5.11 Å². The second kappa shape index (κ2) is 7.92. The zero-order valence-electron chi connectivity index (χ0n) is 12.8. The first kappa shape index (κ1) is 16.5. The molecule has 0 radical (unpaired) electrons. The molecule has 22 heavy (non-hydrogen) atoms. The van der Waals surface area contributed by atoms with Gasteiger partial charge in [-0.15, -0.1) is 16.7 Å². The van der Waals surface area contributed by atoms with Crippen LogP contribution in [-0.2, 0) is 0 Å². The van der Waals surface area contributed by atoms with E-state index in [1.54, 1.807) is 0 Å². The Morgan fingerprint density at radius 1 is 1.05 bits per heavy atom. The highest BCUT2D eigenvalue weighted by Gasteiger charge is 2.05. The van der Waals surface area contributed by atoms with Crippen LogP contribution in [0, 0.1) is 13.8 Å². The third-order valence-electron chi connectivity index (χ3n) is 3.17. The van der Waals surface area contributed by atoms with Gasteiger partial charge in [-0.1, -0.05) is 23.8 Å². The average Bonchev–Trinajstić information content (AvgIpc) is 2.53. The molecule has 2 aromatic carbocycles. The summed E-state index contributed by atoms with van der Waals surface area (Å²) in [4.78, 5) is 0. The fraction of sp³-hybridized carbons (Fsp3) is 0.294. The van der Waals surface area contributed by atoms with Crippen molar-refractivity contribution in [3.8, 4) is 0 Å². The van der Waals surface area contributed by atoms with Crippen LogP contribution in [0.5, 0.6) is 0 Å². The Kier molecular flexibility index (Phi) is 5.92. The summed E-state index contributed by atoms with van der Waals surface area (Å²) in [7, 11) is 0. The number of hydrogen-bond donors (Lipinski definition) is 2. The molecule has 1 atom stereocenters. The maximum atomic E-state index is 9.55. The van der Waals surface area contributed by atoms with Gasteiger partial charge in [-0.2, -0.15) is 5.11 Å². The Bertz CT molecular complexity index is 641. The van der Waals surface area contributed by atoms with Gasteiger partial charge in [-0.3, -0.25) is 0 Å². The second-order valence-corrected chi connectivity index (χ2v) is 5.55. The quantitative estimate of drug-likeness (QED) is 0.597. The standard InChI is InChI=1S/C17H20ClN3O/c1-12-3-6-14(7-4-12)20-21-17-9-13(2)5-8-16(17)19-11-15(22)10-18/h3-9,15,19,22H,10-11H2,1-2H3. The van der Waals surface area contributed by atoms with E-state index >= 15 is 0 Å². The maximum Gasteiger partial charge on any atom is 0.109 e. The van der Waals surface area contributed by atoms with Gasteiger partial charge in [-0.25, -0.2) is 0 Å². The van der Waals surface area contributed by atoms with Crippen LogP contribution in [0.3, 0.4) is 0 Å². The minimum absolute atomic E-state index is 0.194. The third-order valence-corrected chi connectivity index (χ3v) is 3.52. The van der Waals surface area contributed by atoms with Gasteiger partial charge in [0.1, 0.15) is 5.69 Å². The lowest BCUT2D eigenvalue weighted by atomic mass is 10.2. The van der Waals surface area contributed by atoms with Crippen molar-refractivity contribution in [2.24, 2.45) is 10.2 Å². The van der Waals surface area contributed by atoms with E-state index in [0.29, 0.717) is 6.54 Å². The number of nitrogens with zero attached hydrogens (tertiary/aromatic N) is 2. The second-order valence-electron chi connectivity index (χ2n) is 5.25. The molecule has 1 unspecified atom stereocenters. The van der Waals surface area contributed by atoms with Crippen molar-refractivity contribution in [3.63, 3.8) is 0 Å². The van der Waals surface area contributed by atoms with E-state index < -0.39 is 6.10 Å². The molecule has 2 rings (SSSR count). The number of anilines is 1. The Hall–Kier alpha value is -1.91. The molecule has 5 heteroatoms. The van der Waals surface area contributed by atoms with Crippen LogP contribution in [-0.4, -0.2) is 23.6 Å². The Labute approximate surface area is 135 Å². The minimum Gasteiger partial charge on any atom is -0.390 e. The van der Waals surface area contributed by atoms with Crippen molar-refractivity contribution >= 4 is 28.7 Å². The van der Waals surface area contributed by atoms with Crippen LogP contribution >= 0.6 is 11.6 Å². The van der Waals surface area contributed by atoms with E-state index in [2.05, 4.69) is 15.5 Å². The van der Waals surface area contributed by atoms with Crippen molar-refractivity contribution in [2.75, 3.05) is 17.7 Å². The van der Waals surface area contributed by atoms with Crippen LogP contribution in [0.4, 0.5) is 17.1 Å². The summed E-state index contributed by atoms with van der Waals surface area (Å²) in [6.07, 6.45) is -0.593. The minimum atomic E-state index is -0.593. The lowest BCUT2D eigenvalue weighted by Crippen LogP contribution is -2.20. The van der Waals surface area contributed by atoms with E-state index in [-0.39, 0.29) is 5.88 Å². The molecule has 2 N–H and O–H groups in total. The third kappa shape index (κ3) is 4.83. The summed E-state index contributed by atoms with van der Waals surface area (Å²) in [5, 5.41) is 21.3. The van der Waals surface area contributed by atoms with Crippen LogP contribution in [0.25, 0.3) is 0 Å². The molecule has 0 bridgehead atoms. The van der Waals surface area contributed by atoms with Crippen LogP contribution in [0.1, 0.15) is 11.1 Å². The number of aliphatic hydroxyl groups excluding tert-OH is 1. The molecule has 0 spiro atoms. The smallest absolute Gasteiger partial charge is 0.109 e. The van der Waals surface area contributed by atoms with Crippen molar-refractivity contribution in [3.05, 3.63) is 53.6 Å². The van der Waals surface area contributed by atoms with Crippen molar-refractivity contribution in [1.82, 2.24) is 0 Å². The molecule has 0 heterocycles. The van der Waals surface area contributed by atoms with Gasteiger partial charge >= 0.3 is 0 Å². The highest BCUT2D eigenvalue weighted by Crippen LogP contribution is 2.28. The fourth-order valence-electron chi connectivity index (χ4n) is 1.88. The molecule has 4 nitrogen and oxygen atoms in total. The molecule has 0 aliphatic carbocycles. The number of rotatable bonds is 6. The molecule has 0 aromatic heterocycles. The Morgan fingerprint density at radius 2 is 1.73 bits per heavy atom. The predicted octanol–water partition coefficient (Wildman–Crippen LogP) is 4.73. The highest BCUT2D eigenvalue weighted by atomic mass is 35.5. The fourth-order valence-corrected chi connectivity index (χ4v) is 1.99. The van der Waals surface area contributed by atoms with E-state index in [0.717, 1.165) is 22.6 Å². The molecule has 0 saturated heterocycles. The van der Waals surface area contributed by atoms with Crippen LogP contribution in [0.2, 0.25) is 0 Å². The Morgan fingerprint density at radius 3 is 2.41 bits per heavy atom. The first-order valence-corrected chi connectivity index (χ1v) is 7.69. The molecule has 0 saturated carbocycles. The number of hydrogen-bond acceptors (Lipinski definition) is 4. The molecular weight excluding hydrogens is 298 g/mol. The normalized spacial score (nSPS) is 12.5. The summed E-state index contributed by atoms with van der Waals surface area (Å²) < 4.78 is 0. The van der Waals surface area contributed by atoms with Gasteiger partial charge in [0, 0.05) is 6.54 Å². The SMILES string of the molecule is Cc1ccc(N=Nc2cc(C)ccc2NCC(O)CCl)cc1. The van der Waals surface area contributed by atoms with Crippen molar-refractivity contribution in [1.29, 1.82) is 0 Å². The maximum absolute atomic E-state index is 9.55. The first-order chi connectivity index (χ1) is 10.6. The van der Waals surface area contributed by atoms with E-state index in [1.165, 1.54) is 5.56 Å². The lowest BCUT2D eigenvalue weighted by Gasteiger charge is -2.12. The van der Waals surface area contributed by atoms with Gasteiger partial charge < -0.3 is 10.4 Å². The molecular formula is C17H20ClN3O. The highest BCUT2D eigenvalue weighted by molar-refractivity contribution is 6.18. The number of benzene rings is 2. The molecule has 0 amide bonds. The van der Waals surface area contributed by atoms with E-state index in [1.807, 2.05) is 56.3 Å². The lowest BCUT2D eigenvalue weighted by molar-refractivity contribution is 0.211. The molecule has 2 aromatic rings. The summed E-state index contributed by atoms with van der Waals surface area (Å²) in [6.45, 7) is 4.41. The van der Waals surface area contributed by atoms with Gasteiger partial charge in [0.25, 0.3) is 0 Å². The number of azo groups is 1. The zero-order chi connectivity index (χ0) is 15.9. The average molecular weight is 318 g/mol. The molecule has 116 valence electrons. The first-order valence-electron chi connectivity index (χ1n) is 7.15. The van der Waals surface area contributed by atoms with Gasteiger partial charge in [-0.05, 0) is 43.7 Å². The zero-order valence-corrected chi connectivity index (χ0v) is 13.5. The van der Waals surface area contributed by atoms with Gasteiger partial charge in [0.2, 0.25) is 0 Å². The Balaban J connectivity index is 2.17. The molecule has 0 aliphatic heterocycles. The number of aliphatic hydroxyl groups is 1. The van der Waals surface area contributed by atoms with Crippen molar-refractivity contribution < 1.29 is 5.11 Å². The predicted molar refractivity (Wildman–Crippen MR) is 91.8 cm³/mol.